The minimum Gasteiger partial charge on any atom is -0.493 e. The zero-order chi connectivity index (χ0) is 16.0. The molecule has 1 rings (SSSR count). The summed E-state index contributed by atoms with van der Waals surface area (Å²) in [5, 5.41) is 4.43. The predicted molar refractivity (Wildman–Crippen MR) is 78.3 cm³/mol. The Balaban J connectivity index is 2.82. The number of nitrogens with two attached hydrogens (primary N) is 1. The van der Waals surface area contributed by atoms with Crippen molar-refractivity contribution in [3.8, 4) is 11.5 Å². The van der Waals surface area contributed by atoms with Crippen LogP contribution < -0.4 is 25.8 Å². The molecule has 0 saturated carbocycles. The van der Waals surface area contributed by atoms with Crippen LogP contribution in [0.4, 0.5) is 4.79 Å². The first kappa shape index (κ1) is 16.8. The quantitative estimate of drug-likeness (QED) is 0.750. The molecule has 7 heteroatoms. The minimum atomic E-state index is -0.850. The van der Waals surface area contributed by atoms with Crippen molar-refractivity contribution in [3.05, 3.63) is 23.8 Å². The number of urea groups is 1. The fraction of sp³-hybridized carbons (Fsp3) is 0.429. The summed E-state index contributed by atoms with van der Waals surface area (Å²) >= 11 is 0. The Morgan fingerprint density at radius 3 is 2.43 bits per heavy atom. The van der Waals surface area contributed by atoms with E-state index in [1.165, 1.54) is 21.1 Å². The fourth-order valence-electron chi connectivity index (χ4n) is 1.58. The summed E-state index contributed by atoms with van der Waals surface area (Å²) in [5.74, 6) is 0.332. The second kappa shape index (κ2) is 7.49. The molecule has 21 heavy (non-hydrogen) atoms. The van der Waals surface area contributed by atoms with Crippen molar-refractivity contribution in [3.63, 3.8) is 0 Å². The molecular formula is C14H21N3O4. The topological polar surface area (TPSA) is 103 Å². The molecule has 116 valence electrons. The number of amides is 3. The van der Waals surface area contributed by atoms with E-state index in [9.17, 15) is 9.59 Å². The fourth-order valence-corrected chi connectivity index (χ4v) is 1.58. The highest BCUT2D eigenvalue weighted by Gasteiger charge is 2.19. The first-order valence-corrected chi connectivity index (χ1v) is 6.51. The van der Waals surface area contributed by atoms with Gasteiger partial charge < -0.3 is 20.5 Å². The molecule has 0 aliphatic rings. The van der Waals surface area contributed by atoms with Crippen LogP contribution in [0.15, 0.2) is 18.2 Å². The molecule has 7 nitrogen and oxygen atoms in total. The summed E-state index contributed by atoms with van der Waals surface area (Å²) in [6, 6.07) is 4.51. The Morgan fingerprint density at radius 1 is 1.24 bits per heavy atom. The second-order valence-corrected chi connectivity index (χ2v) is 4.53. The van der Waals surface area contributed by atoms with Gasteiger partial charge in [0.25, 0.3) is 5.91 Å². The zero-order valence-corrected chi connectivity index (χ0v) is 12.6. The van der Waals surface area contributed by atoms with Crippen LogP contribution in [-0.2, 0) is 4.79 Å². The molecular weight excluding hydrogens is 274 g/mol. The maximum atomic E-state index is 11.7. The molecule has 4 N–H and O–H groups in total. The largest absolute Gasteiger partial charge is 0.493 e. The third-order valence-electron chi connectivity index (χ3n) is 2.85. The molecule has 0 heterocycles. The van der Waals surface area contributed by atoms with Gasteiger partial charge in [-0.15, -0.1) is 0 Å². The van der Waals surface area contributed by atoms with Crippen molar-refractivity contribution in [2.45, 2.75) is 26.0 Å². The molecule has 0 aliphatic heterocycles. The molecule has 0 fully saturated rings. The van der Waals surface area contributed by atoms with Gasteiger partial charge in [0.2, 0.25) is 0 Å². The monoisotopic (exact) mass is 295 g/mol. The van der Waals surface area contributed by atoms with E-state index in [4.69, 9.17) is 15.2 Å². The van der Waals surface area contributed by atoms with E-state index in [0.717, 1.165) is 5.56 Å². The second-order valence-electron chi connectivity index (χ2n) is 4.53. The van der Waals surface area contributed by atoms with E-state index in [0.29, 0.717) is 11.5 Å². The van der Waals surface area contributed by atoms with Crippen molar-refractivity contribution in [1.29, 1.82) is 0 Å². The van der Waals surface area contributed by atoms with Gasteiger partial charge in [0.15, 0.2) is 17.6 Å². The Morgan fingerprint density at radius 2 is 1.90 bits per heavy atom. The van der Waals surface area contributed by atoms with E-state index < -0.39 is 18.0 Å². The van der Waals surface area contributed by atoms with Gasteiger partial charge in [0.05, 0.1) is 7.11 Å². The van der Waals surface area contributed by atoms with Crippen molar-refractivity contribution in [1.82, 2.24) is 10.6 Å². The Bertz CT molecular complexity index is 517. The first-order valence-electron chi connectivity index (χ1n) is 6.51. The summed E-state index contributed by atoms with van der Waals surface area (Å²) in [4.78, 5) is 22.8. The average Bonchev–Trinajstić information content (AvgIpc) is 2.46. The number of methoxy groups -OCH3 is 1. The van der Waals surface area contributed by atoms with E-state index in [1.807, 2.05) is 6.92 Å². The number of hydrogen-bond donors (Lipinski definition) is 3. The lowest BCUT2D eigenvalue weighted by atomic mass is 10.1. The molecule has 3 amide bonds. The lowest BCUT2D eigenvalue weighted by Crippen LogP contribution is -2.44. The van der Waals surface area contributed by atoms with Gasteiger partial charge in [-0.25, -0.2) is 4.79 Å². The van der Waals surface area contributed by atoms with Crippen LogP contribution in [0.1, 0.15) is 25.5 Å². The summed E-state index contributed by atoms with van der Waals surface area (Å²) in [5.41, 5.74) is 6.69. The number of rotatable bonds is 5. The van der Waals surface area contributed by atoms with Crippen LogP contribution in [-0.4, -0.2) is 32.2 Å². The van der Waals surface area contributed by atoms with Gasteiger partial charge >= 0.3 is 6.03 Å². The Kier molecular flexibility index (Phi) is 5.98. The van der Waals surface area contributed by atoms with E-state index in [-0.39, 0.29) is 6.04 Å². The summed E-state index contributed by atoms with van der Waals surface area (Å²) in [6.45, 7) is 3.39. The number of hydrogen-bond acceptors (Lipinski definition) is 5. The molecule has 0 aromatic heterocycles. The normalized spacial score (nSPS) is 13.0. The lowest BCUT2D eigenvalue weighted by molar-refractivity contribution is -0.126. The summed E-state index contributed by atoms with van der Waals surface area (Å²) in [7, 11) is 2.92. The van der Waals surface area contributed by atoms with Crippen molar-refractivity contribution in [2.24, 2.45) is 5.73 Å². The SMILES string of the molecule is CNC(=O)NC(=O)C(C)Oc1ccc(C(C)N)cc1OC. The van der Waals surface area contributed by atoms with Crippen molar-refractivity contribution < 1.29 is 19.1 Å². The molecule has 1 aromatic rings. The zero-order valence-electron chi connectivity index (χ0n) is 12.6. The molecule has 1 aromatic carbocycles. The predicted octanol–water partition coefficient (Wildman–Crippen LogP) is 0.938. The molecule has 0 aliphatic carbocycles. The van der Waals surface area contributed by atoms with Gasteiger partial charge in [-0.05, 0) is 31.5 Å². The van der Waals surface area contributed by atoms with Gasteiger partial charge in [-0.2, -0.15) is 0 Å². The van der Waals surface area contributed by atoms with Crippen LogP contribution in [0, 0.1) is 0 Å². The third-order valence-corrected chi connectivity index (χ3v) is 2.85. The van der Waals surface area contributed by atoms with E-state index >= 15 is 0 Å². The van der Waals surface area contributed by atoms with Gasteiger partial charge in [0.1, 0.15) is 0 Å². The highest BCUT2D eigenvalue weighted by atomic mass is 16.5. The third kappa shape index (κ3) is 4.64. The van der Waals surface area contributed by atoms with Crippen LogP contribution in [0.2, 0.25) is 0 Å². The van der Waals surface area contributed by atoms with Crippen molar-refractivity contribution in [2.75, 3.05) is 14.2 Å². The van der Waals surface area contributed by atoms with Gasteiger partial charge in [-0.3, -0.25) is 10.1 Å². The average molecular weight is 295 g/mol. The number of carbonyl (C=O) groups is 2. The van der Waals surface area contributed by atoms with Crippen molar-refractivity contribution >= 4 is 11.9 Å². The Labute approximate surface area is 123 Å². The smallest absolute Gasteiger partial charge is 0.321 e. The van der Waals surface area contributed by atoms with Crippen LogP contribution >= 0.6 is 0 Å². The molecule has 0 bridgehead atoms. The summed E-state index contributed by atoms with van der Waals surface area (Å²) < 4.78 is 10.7. The first-order chi connectivity index (χ1) is 9.88. The van der Waals surface area contributed by atoms with Gasteiger partial charge in [0, 0.05) is 13.1 Å². The molecule has 0 saturated heterocycles. The number of benzene rings is 1. The van der Waals surface area contributed by atoms with Gasteiger partial charge in [-0.1, -0.05) is 6.07 Å². The number of ether oxygens (including phenoxy) is 2. The number of carbonyl (C=O) groups excluding carboxylic acids is 2. The van der Waals surface area contributed by atoms with E-state index in [2.05, 4.69) is 10.6 Å². The maximum absolute atomic E-state index is 11.7. The molecule has 2 atom stereocenters. The van der Waals surface area contributed by atoms with Crippen LogP contribution in [0.3, 0.4) is 0 Å². The standard InChI is InChI=1S/C14H21N3O4/c1-8(15)10-5-6-11(12(7-10)20-4)21-9(2)13(18)17-14(19)16-3/h5-9H,15H2,1-4H3,(H2,16,17,18,19). The summed E-state index contributed by atoms with van der Waals surface area (Å²) in [6.07, 6.45) is -0.850. The minimum absolute atomic E-state index is 0.137. The van der Waals surface area contributed by atoms with Crippen LogP contribution in [0.25, 0.3) is 0 Å². The highest BCUT2D eigenvalue weighted by molar-refractivity contribution is 5.96. The molecule has 0 spiro atoms. The molecule has 2 unspecified atom stereocenters. The van der Waals surface area contributed by atoms with E-state index in [1.54, 1.807) is 18.2 Å². The highest BCUT2D eigenvalue weighted by Crippen LogP contribution is 2.30. The molecule has 0 radical (unpaired) electrons. The number of imide groups is 1. The van der Waals surface area contributed by atoms with Crippen LogP contribution in [0.5, 0.6) is 11.5 Å². The maximum Gasteiger partial charge on any atom is 0.321 e. The Hall–Kier alpha value is -2.28. The number of nitrogens with one attached hydrogen (secondary N) is 2. The lowest BCUT2D eigenvalue weighted by Gasteiger charge is -2.17.